The van der Waals surface area contributed by atoms with Crippen molar-refractivity contribution in [3.63, 3.8) is 0 Å². The van der Waals surface area contributed by atoms with E-state index in [0.29, 0.717) is 23.6 Å². The monoisotopic (exact) mass is 446 g/mol. The van der Waals surface area contributed by atoms with Crippen LogP contribution >= 0.6 is 11.6 Å². The van der Waals surface area contributed by atoms with Gasteiger partial charge in [-0.25, -0.2) is 22.9 Å². The number of benzene rings is 1. The Morgan fingerprint density at radius 2 is 1.93 bits per heavy atom. The average Bonchev–Trinajstić information content (AvgIpc) is 3.33. The smallest absolute Gasteiger partial charge is 0.346 e. The Balaban J connectivity index is 1.92. The molecule has 0 aliphatic carbocycles. The molecule has 0 radical (unpaired) electrons. The molecule has 0 bridgehead atoms. The predicted octanol–water partition coefficient (Wildman–Crippen LogP) is 3.08. The summed E-state index contributed by atoms with van der Waals surface area (Å²) in [6, 6.07) is 12.6. The maximum absolute atomic E-state index is 13.6. The normalized spacial score (nSPS) is 19.2. The molecule has 0 spiro atoms. The molecule has 1 aliphatic rings. The van der Waals surface area contributed by atoms with Crippen LogP contribution in [0.4, 0.5) is 5.82 Å². The van der Waals surface area contributed by atoms with Gasteiger partial charge in [0.15, 0.2) is 0 Å². The zero-order valence-electron chi connectivity index (χ0n) is 16.1. The van der Waals surface area contributed by atoms with Gasteiger partial charge >= 0.3 is 5.97 Å². The van der Waals surface area contributed by atoms with Crippen LogP contribution < -0.4 is 4.90 Å². The fourth-order valence-corrected chi connectivity index (χ4v) is 6.09. The van der Waals surface area contributed by atoms with E-state index in [-0.39, 0.29) is 23.0 Å². The maximum atomic E-state index is 13.6. The van der Waals surface area contributed by atoms with Crippen molar-refractivity contribution in [2.45, 2.75) is 29.5 Å². The molecular weight excluding hydrogens is 428 g/mol. The topological polar surface area (TPSA) is 105 Å². The van der Waals surface area contributed by atoms with Crippen molar-refractivity contribution >= 4 is 33.2 Å². The summed E-state index contributed by atoms with van der Waals surface area (Å²) < 4.78 is 28.7. The van der Waals surface area contributed by atoms with Crippen LogP contribution in [0.25, 0.3) is 5.69 Å². The lowest BCUT2D eigenvalue weighted by atomic mass is 10.2. The highest BCUT2D eigenvalue weighted by Gasteiger charge is 2.59. The molecule has 30 heavy (non-hydrogen) atoms. The van der Waals surface area contributed by atoms with Gasteiger partial charge in [0.2, 0.25) is 14.7 Å². The Morgan fingerprint density at radius 3 is 2.60 bits per heavy atom. The van der Waals surface area contributed by atoms with E-state index >= 15 is 0 Å². The van der Waals surface area contributed by atoms with Crippen LogP contribution in [0.5, 0.6) is 0 Å². The molecule has 1 aliphatic heterocycles. The minimum atomic E-state index is -4.25. The summed E-state index contributed by atoms with van der Waals surface area (Å²) in [5, 5.41) is 14.9. The van der Waals surface area contributed by atoms with Crippen LogP contribution in [0.1, 0.15) is 18.5 Å². The quantitative estimate of drug-likeness (QED) is 0.600. The molecule has 8 nitrogen and oxygen atoms in total. The summed E-state index contributed by atoms with van der Waals surface area (Å²) in [5.74, 6) is -1.05. The third kappa shape index (κ3) is 3.05. The molecule has 1 fully saturated rings. The molecule has 3 heterocycles. The van der Waals surface area contributed by atoms with E-state index in [2.05, 4.69) is 10.1 Å². The van der Waals surface area contributed by atoms with Gasteiger partial charge in [0, 0.05) is 24.9 Å². The number of aromatic nitrogens is 3. The number of carboxylic acids is 1. The summed E-state index contributed by atoms with van der Waals surface area (Å²) in [7, 11) is -4.25. The Bertz CT molecular complexity index is 1210. The van der Waals surface area contributed by atoms with E-state index in [1.165, 1.54) is 27.9 Å². The second-order valence-electron chi connectivity index (χ2n) is 7.05. The molecule has 0 amide bonds. The molecule has 0 saturated carbocycles. The average molecular weight is 447 g/mol. The number of carboxylic acid groups (broad SMARTS) is 1. The van der Waals surface area contributed by atoms with Crippen molar-refractivity contribution in [3.8, 4) is 5.69 Å². The molecule has 3 aromatic rings. The van der Waals surface area contributed by atoms with Gasteiger partial charge in [-0.1, -0.05) is 29.8 Å². The van der Waals surface area contributed by atoms with Gasteiger partial charge < -0.3 is 10.0 Å². The highest BCUT2D eigenvalue weighted by Crippen LogP contribution is 2.42. The molecule has 1 N–H and O–H groups in total. The van der Waals surface area contributed by atoms with Gasteiger partial charge in [-0.05, 0) is 38.0 Å². The lowest BCUT2D eigenvalue weighted by molar-refractivity contribution is -0.139. The molecule has 1 saturated heterocycles. The summed E-state index contributed by atoms with van der Waals surface area (Å²) in [4.78, 5) is 15.8. The fourth-order valence-electron chi connectivity index (χ4n) is 3.90. The number of rotatable bonds is 5. The first-order chi connectivity index (χ1) is 14.3. The van der Waals surface area contributed by atoms with E-state index in [1.807, 2.05) is 0 Å². The van der Waals surface area contributed by atoms with E-state index in [4.69, 9.17) is 11.6 Å². The minimum absolute atomic E-state index is 0.0333. The number of aliphatic carboxylic acids is 1. The Morgan fingerprint density at radius 1 is 1.20 bits per heavy atom. The highest BCUT2D eigenvalue weighted by atomic mass is 35.5. The van der Waals surface area contributed by atoms with Crippen LogP contribution in [0.3, 0.4) is 0 Å². The summed E-state index contributed by atoms with van der Waals surface area (Å²) in [6.45, 7) is 2.01. The molecule has 156 valence electrons. The largest absolute Gasteiger partial charge is 0.479 e. The number of hydrogen-bond acceptors (Lipinski definition) is 6. The Kier molecular flexibility index (Phi) is 5.03. The van der Waals surface area contributed by atoms with Crippen molar-refractivity contribution in [3.05, 3.63) is 65.6 Å². The highest BCUT2D eigenvalue weighted by molar-refractivity contribution is 7.93. The number of halogens is 1. The molecular formula is C20H19ClN4O4S. The van der Waals surface area contributed by atoms with E-state index in [9.17, 15) is 18.3 Å². The van der Waals surface area contributed by atoms with Gasteiger partial charge in [0.25, 0.3) is 0 Å². The van der Waals surface area contributed by atoms with Crippen LogP contribution in [0.2, 0.25) is 5.15 Å². The first-order valence-corrected chi connectivity index (χ1v) is 11.1. The summed E-state index contributed by atoms with van der Waals surface area (Å²) in [5.41, 5.74) is 1.17. The van der Waals surface area contributed by atoms with Crippen molar-refractivity contribution in [2.24, 2.45) is 0 Å². The lowest BCUT2D eigenvalue weighted by Gasteiger charge is -2.35. The number of pyridine rings is 1. The molecule has 1 aromatic carbocycles. The van der Waals surface area contributed by atoms with E-state index in [1.54, 1.807) is 43.3 Å². The molecule has 1 atom stereocenters. The molecule has 0 unspecified atom stereocenters. The molecule has 4 rings (SSSR count). The number of sulfone groups is 1. The van der Waals surface area contributed by atoms with Crippen LogP contribution in [-0.4, -0.2) is 45.7 Å². The van der Waals surface area contributed by atoms with Crippen molar-refractivity contribution in [1.82, 2.24) is 14.8 Å². The zero-order valence-corrected chi connectivity index (χ0v) is 17.6. The molecule has 10 heteroatoms. The first kappa shape index (κ1) is 20.4. The number of nitrogens with zero attached hydrogens (tertiary/aromatic N) is 4. The van der Waals surface area contributed by atoms with Gasteiger partial charge in [-0.2, -0.15) is 5.10 Å². The van der Waals surface area contributed by atoms with Crippen LogP contribution in [-0.2, 0) is 14.6 Å². The Labute approximate surface area is 178 Å². The van der Waals surface area contributed by atoms with Gasteiger partial charge in [0.1, 0.15) is 11.0 Å². The van der Waals surface area contributed by atoms with Gasteiger partial charge in [0.05, 0.1) is 16.3 Å². The predicted molar refractivity (Wildman–Crippen MR) is 112 cm³/mol. The fraction of sp³-hybridized carbons (Fsp3) is 0.250. The SMILES string of the molecule is Cc1cc(N2CCC[C@@]2(C(=O)O)S(=O)(=O)c2ccccc2)n(-c2ccnc(Cl)c2)n1. The van der Waals surface area contributed by atoms with Crippen molar-refractivity contribution < 1.29 is 18.3 Å². The second-order valence-corrected chi connectivity index (χ2v) is 9.59. The second kappa shape index (κ2) is 7.41. The number of anilines is 1. The van der Waals surface area contributed by atoms with E-state index < -0.39 is 20.7 Å². The molecule has 2 aromatic heterocycles. The van der Waals surface area contributed by atoms with Gasteiger partial charge in [-0.3, -0.25) is 0 Å². The summed E-state index contributed by atoms with van der Waals surface area (Å²) >= 11 is 6.02. The zero-order chi connectivity index (χ0) is 21.5. The first-order valence-electron chi connectivity index (χ1n) is 9.27. The minimum Gasteiger partial charge on any atom is -0.479 e. The number of hydrogen-bond donors (Lipinski definition) is 1. The lowest BCUT2D eigenvalue weighted by Crippen LogP contribution is -2.57. The van der Waals surface area contributed by atoms with Crippen LogP contribution in [0.15, 0.2) is 59.6 Å². The van der Waals surface area contributed by atoms with Crippen molar-refractivity contribution in [2.75, 3.05) is 11.4 Å². The number of aryl methyl sites for hydroxylation is 1. The maximum Gasteiger partial charge on any atom is 0.346 e. The van der Waals surface area contributed by atoms with Gasteiger partial charge in [-0.15, -0.1) is 0 Å². The standard InChI is InChI=1S/C20H19ClN4O4S/c1-14-12-18(25(23-14)15-8-10-22-17(21)13-15)24-11-5-9-20(24,19(26)27)30(28,29)16-6-3-2-4-7-16/h2-4,6-8,10,12-13H,5,9,11H2,1H3,(H,26,27)/t20-/m0/s1. The van der Waals surface area contributed by atoms with Crippen molar-refractivity contribution in [1.29, 1.82) is 0 Å². The van der Waals surface area contributed by atoms with E-state index in [0.717, 1.165) is 0 Å². The number of carbonyl (C=O) groups is 1. The third-order valence-electron chi connectivity index (χ3n) is 5.21. The Hall–Kier alpha value is -2.91. The summed E-state index contributed by atoms with van der Waals surface area (Å²) in [6.07, 6.45) is 1.87. The van der Waals surface area contributed by atoms with Crippen LogP contribution in [0, 0.1) is 6.92 Å². The third-order valence-corrected chi connectivity index (χ3v) is 7.80.